The maximum atomic E-state index is 13.2. The molecule has 2 aromatic rings. The van der Waals surface area contributed by atoms with Gasteiger partial charge in [0, 0.05) is 61.3 Å². The highest BCUT2D eigenvalue weighted by atomic mass is 32.2. The van der Waals surface area contributed by atoms with E-state index in [1.165, 1.54) is 5.56 Å². The Balaban J connectivity index is 1.17. The number of carbonyl (C=O) groups excluding carboxylic acids is 1. The van der Waals surface area contributed by atoms with Gasteiger partial charge in [-0.25, -0.2) is 4.98 Å². The fourth-order valence-corrected chi connectivity index (χ4v) is 7.00. The molecule has 10 nitrogen and oxygen atoms in total. The molecule has 0 aliphatic carbocycles. The highest BCUT2D eigenvalue weighted by Crippen LogP contribution is 2.40. The Morgan fingerprint density at radius 1 is 1.26 bits per heavy atom. The minimum atomic E-state index is 0.284. The normalized spacial score (nSPS) is 26.1. The molecule has 0 saturated carbocycles. The van der Waals surface area contributed by atoms with Crippen molar-refractivity contribution in [1.29, 1.82) is 0 Å². The largest absolute Gasteiger partial charge is 0.379 e. The molecule has 4 aliphatic rings. The van der Waals surface area contributed by atoms with Gasteiger partial charge in [0.25, 0.3) is 0 Å². The monoisotopic (exact) mass is 498 g/mol. The first kappa shape index (κ1) is 23.1. The zero-order valence-corrected chi connectivity index (χ0v) is 21.3. The van der Waals surface area contributed by atoms with E-state index in [0.29, 0.717) is 24.7 Å². The van der Waals surface area contributed by atoms with E-state index in [-0.39, 0.29) is 5.91 Å². The fraction of sp³-hybridized carbons (Fsp3) is 0.667. The van der Waals surface area contributed by atoms with Crippen LogP contribution in [-0.4, -0.2) is 99.6 Å². The van der Waals surface area contributed by atoms with Gasteiger partial charge in [0.1, 0.15) is 10.8 Å². The summed E-state index contributed by atoms with van der Waals surface area (Å²) in [6.45, 7) is 5.66. The second-order valence-corrected chi connectivity index (χ2v) is 11.2. The van der Waals surface area contributed by atoms with Gasteiger partial charge in [0.05, 0.1) is 19.8 Å². The van der Waals surface area contributed by atoms with E-state index in [1.54, 1.807) is 11.8 Å². The summed E-state index contributed by atoms with van der Waals surface area (Å²) < 4.78 is 5.44. The summed E-state index contributed by atoms with van der Waals surface area (Å²) in [5.74, 6) is 3.70. The van der Waals surface area contributed by atoms with Crippen molar-refractivity contribution in [2.24, 2.45) is 0 Å². The number of ether oxygens (including phenoxy) is 1. The van der Waals surface area contributed by atoms with Crippen molar-refractivity contribution in [3.63, 3.8) is 0 Å². The van der Waals surface area contributed by atoms with Gasteiger partial charge in [-0.2, -0.15) is 10.1 Å². The maximum Gasteiger partial charge on any atom is 0.237 e. The van der Waals surface area contributed by atoms with Crippen LogP contribution in [0.1, 0.15) is 36.9 Å². The van der Waals surface area contributed by atoms with Crippen LogP contribution in [0.15, 0.2) is 11.1 Å². The number of aromatic amines is 1. The van der Waals surface area contributed by atoms with Crippen LogP contribution < -0.4 is 10.2 Å². The summed E-state index contributed by atoms with van der Waals surface area (Å²) in [6.07, 6.45) is 5.09. The molecule has 6 rings (SSSR count). The number of hydrogen-bond donors (Lipinski definition) is 2. The van der Waals surface area contributed by atoms with E-state index in [2.05, 4.69) is 37.3 Å². The zero-order chi connectivity index (χ0) is 23.9. The quantitative estimate of drug-likeness (QED) is 0.580. The molecule has 3 saturated heterocycles. The molecule has 2 bridgehead atoms. The minimum absolute atomic E-state index is 0.284. The van der Waals surface area contributed by atoms with Crippen LogP contribution in [0.5, 0.6) is 0 Å². The first-order chi connectivity index (χ1) is 17.0. The molecule has 1 amide bonds. The van der Waals surface area contributed by atoms with Gasteiger partial charge < -0.3 is 19.9 Å². The number of fused-ring (bicyclic) bond motifs is 3. The summed E-state index contributed by atoms with van der Waals surface area (Å²) in [5, 5.41) is 11.8. The number of thioether (sulfide) groups is 1. The van der Waals surface area contributed by atoms with Gasteiger partial charge in [-0.3, -0.25) is 14.8 Å². The number of aryl methyl sites for hydroxylation is 1. The first-order valence-corrected chi connectivity index (χ1v) is 13.7. The molecule has 0 aromatic carbocycles. The molecular formula is C24H34N8O2S. The molecule has 2 N–H and O–H groups in total. The number of nitrogens with zero attached hydrogens (tertiary/aromatic N) is 6. The summed E-state index contributed by atoms with van der Waals surface area (Å²) in [5.41, 5.74) is 2.19. The number of amides is 1. The van der Waals surface area contributed by atoms with Gasteiger partial charge in [-0.05, 0) is 39.0 Å². The molecule has 188 valence electrons. The predicted molar refractivity (Wildman–Crippen MR) is 135 cm³/mol. The Morgan fingerprint density at radius 2 is 2.03 bits per heavy atom. The van der Waals surface area contributed by atoms with Crippen molar-refractivity contribution < 1.29 is 9.53 Å². The highest BCUT2D eigenvalue weighted by molar-refractivity contribution is 7.99. The number of rotatable bonds is 6. The highest BCUT2D eigenvalue weighted by Gasteiger charge is 2.44. The number of carbonyl (C=O) groups is 1. The third-order valence-electron chi connectivity index (χ3n) is 7.82. The van der Waals surface area contributed by atoms with Gasteiger partial charge in [-0.15, -0.1) is 11.8 Å². The molecule has 3 fully saturated rings. The van der Waals surface area contributed by atoms with Crippen LogP contribution in [0, 0.1) is 6.92 Å². The smallest absolute Gasteiger partial charge is 0.237 e. The Bertz CT molecular complexity index is 1070. The number of nitrogens with one attached hydrogen (secondary N) is 2. The van der Waals surface area contributed by atoms with Crippen LogP contribution in [0.2, 0.25) is 0 Å². The van der Waals surface area contributed by atoms with E-state index in [4.69, 9.17) is 14.7 Å². The van der Waals surface area contributed by atoms with Crippen molar-refractivity contribution in [2.75, 3.05) is 55.9 Å². The maximum absolute atomic E-state index is 13.2. The van der Waals surface area contributed by atoms with E-state index < -0.39 is 0 Å². The lowest BCUT2D eigenvalue weighted by molar-refractivity contribution is -0.138. The predicted octanol–water partition coefficient (Wildman–Crippen LogP) is 2.19. The molecule has 4 aliphatic heterocycles. The van der Waals surface area contributed by atoms with E-state index in [0.717, 1.165) is 92.5 Å². The standard InChI is InChI=1S/C24H34N8O2S/c1-15-11-20(29-28-15)25-22-19-5-10-35-23(19)27-24(26-22)30(2)18-12-16-3-4-17(13-18)32(16)21(33)14-31-6-8-34-9-7-31/h11,16-18H,3-10,12-14H2,1-2H3,(H2,25,26,27,28,29)/t16-,17+,18-. The van der Waals surface area contributed by atoms with Crippen LogP contribution in [0.25, 0.3) is 0 Å². The molecular weight excluding hydrogens is 464 g/mol. The van der Waals surface area contributed by atoms with Crippen molar-refractivity contribution in [1.82, 2.24) is 30.0 Å². The summed E-state index contributed by atoms with van der Waals surface area (Å²) >= 11 is 1.80. The Morgan fingerprint density at radius 3 is 2.74 bits per heavy atom. The number of H-pyrrole nitrogens is 1. The summed E-state index contributed by atoms with van der Waals surface area (Å²) in [4.78, 5) is 29.8. The first-order valence-electron chi connectivity index (χ1n) is 12.7. The van der Waals surface area contributed by atoms with Crippen molar-refractivity contribution in [2.45, 2.75) is 62.2 Å². The lowest BCUT2D eigenvalue weighted by Gasteiger charge is -2.43. The van der Waals surface area contributed by atoms with Gasteiger partial charge in [-0.1, -0.05) is 0 Å². The second-order valence-electron chi connectivity index (χ2n) is 10.1. The average molecular weight is 499 g/mol. The number of anilines is 3. The summed E-state index contributed by atoms with van der Waals surface area (Å²) in [6, 6.07) is 2.93. The van der Waals surface area contributed by atoms with Crippen LogP contribution in [0.3, 0.4) is 0 Å². The number of piperidine rings is 1. The summed E-state index contributed by atoms with van der Waals surface area (Å²) in [7, 11) is 2.11. The average Bonchev–Trinajstić information content (AvgIpc) is 3.56. The molecule has 11 heteroatoms. The minimum Gasteiger partial charge on any atom is -0.379 e. The van der Waals surface area contributed by atoms with Crippen LogP contribution >= 0.6 is 11.8 Å². The Hall–Kier alpha value is -2.37. The van der Waals surface area contributed by atoms with E-state index in [9.17, 15) is 4.79 Å². The molecule has 2 aromatic heterocycles. The molecule has 35 heavy (non-hydrogen) atoms. The molecule has 0 spiro atoms. The third kappa shape index (κ3) is 4.61. The Kier molecular flexibility index (Phi) is 6.32. The second kappa shape index (κ2) is 9.59. The van der Waals surface area contributed by atoms with Gasteiger partial charge >= 0.3 is 0 Å². The van der Waals surface area contributed by atoms with E-state index >= 15 is 0 Å². The lowest BCUT2D eigenvalue weighted by atomic mass is 9.96. The number of hydrogen-bond acceptors (Lipinski definition) is 9. The molecule has 0 unspecified atom stereocenters. The SMILES string of the molecule is Cc1cc(Nc2nc(N(C)[C@@H]3C[C@H]4CC[C@@H](C3)N4C(=O)CN3CCOCC3)nc3c2CCS3)n[nH]1. The molecule has 3 atom stereocenters. The van der Waals surface area contributed by atoms with Gasteiger partial charge in [0.2, 0.25) is 11.9 Å². The number of aromatic nitrogens is 4. The topological polar surface area (TPSA) is 103 Å². The molecule has 0 radical (unpaired) electrons. The third-order valence-corrected chi connectivity index (χ3v) is 8.84. The van der Waals surface area contributed by atoms with Crippen molar-refractivity contribution >= 4 is 35.3 Å². The van der Waals surface area contributed by atoms with Crippen molar-refractivity contribution in [3.8, 4) is 0 Å². The van der Waals surface area contributed by atoms with Gasteiger partial charge in [0.15, 0.2) is 5.82 Å². The van der Waals surface area contributed by atoms with Crippen molar-refractivity contribution in [3.05, 3.63) is 17.3 Å². The van der Waals surface area contributed by atoms with Crippen LogP contribution in [0.4, 0.5) is 17.6 Å². The number of morpholine rings is 1. The van der Waals surface area contributed by atoms with Crippen LogP contribution in [-0.2, 0) is 16.0 Å². The lowest BCUT2D eigenvalue weighted by Crippen LogP contribution is -2.55. The zero-order valence-electron chi connectivity index (χ0n) is 20.5. The molecule has 6 heterocycles. The fourth-order valence-electron chi connectivity index (χ4n) is 5.98. The van der Waals surface area contributed by atoms with E-state index in [1.807, 2.05) is 13.0 Å². The Labute approximate surface area is 210 Å².